The summed E-state index contributed by atoms with van der Waals surface area (Å²) in [6, 6.07) is 9.85. The Kier molecular flexibility index (Phi) is 6.08. The number of methoxy groups -OCH3 is 1. The normalized spacial score (nSPS) is 13.2. The van der Waals surface area contributed by atoms with Crippen LogP contribution in [0.4, 0.5) is 0 Å². The smallest absolute Gasteiger partial charge is 0.217 e. The third kappa shape index (κ3) is 5.10. The van der Waals surface area contributed by atoms with Crippen molar-refractivity contribution >= 4 is 11.6 Å². The first-order valence-corrected chi connectivity index (χ1v) is 5.94. The molecule has 18 heavy (non-hydrogen) atoms. The van der Waals surface area contributed by atoms with Crippen molar-refractivity contribution < 1.29 is 9.53 Å². The molecule has 0 aliphatic carbocycles. The number of nitrogens with zero attached hydrogens (tertiary/aromatic N) is 1. The third-order valence-electron chi connectivity index (χ3n) is 2.57. The Morgan fingerprint density at radius 3 is 2.56 bits per heavy atom. The topological polar surface area (TPSA) is 50.7 Å². The summed E-state index contributed by atoms with van der Waals surface area (Å²) in [5.41, 5.74) is 2.02. The number of carbonyl (C=O) groups excluding carboxylic acids is 1. The van der Waals surface area contributed by atoms with Crippen LogP contribution in [0.15, 0.2) is 35.3 Å². The lowest BCUT2D eigenvalue weighted by molar-refractivity contribution is -0.119. The Labute approximate surface area is 108 Å². The summed E-state index contributed by atoms with van der Waals surface area (Å²) in [4.78, 5) is 15.6. The van der Waals surface area contributed by atoms with Crippen molar-refractivity contribution in [2.45, 2.75) is 26.4 Å². The number of rotatable bonds is 6. The van der Waals surface area contributed by atoms with Gasteiger partial charge in [-0.15, -0.1) is 0 Å². The van der Waals surface area contributed by atoms with Gasteiger partial charge in [0, 0.05) is 19.7 Å². The maximum atomic E-state index is 11.1. The molecule has 0 aliphatic heterocycles. The lowest BCUT2D eigenvalue weighted by Crippen LogP contribution is -2.41. The molecule has 1 atom stereocenters. The van der Waals surface area contributed by atoms with Crippen LogP contribution in [0.5, 0.6) is 0 Å². The lowest BCUT2D eigenvalue weighted by Gasteiger charge is -2.16. The fraction of sp³-hybridized carbons (Fsp3) is 0.429. The van der Waals surface area contributed by atoms with E-state index in [4.69, 9.17) is 4.74 Å². The molecule has 0 saturated carbocycles. The molecule has 0 aliphatic rings. The van der Waals surface area contributed by atoms with E-state index in [9.17, 15) is 4.79 Å². The van der Waals surface area contributed by atoms with Crippen molar-refractivity contribution in [2.75, 3.05) is 13.7 Å². The molecule has 1 aromatic rings. The van der Waals surface area contributed by atoms with Crippen molar-refractivity contribution in [1.82, 2.24) is 5.32 Å². The van der Waals surface area contributed by atoms with E-state index < -0.39 is 0 Å². The predicted octanol–water partition coefficient (Wildman–Crippen LogP) is 1.80. The monoisotopic (exact) mass is 248 g/mol. The maximum Gasteiger partial charge on any atom is 0.217 e. The van der Waals surface area contributed by atoms with Crippen molar-refractivity contribution in [2.24, 2.45) is 4.99 Å². The molecule has 1 N–H and O–H groups in total. The first-order valence-electron chi connectivity index (χ1n) is 5.94. The number of ether oxygens (including phenoxy) is 1. The fourth-order valence-corrected chi connectivity index (χ4v) is 1.59. The van der Waals surface area contributed by atoms with E-state index >= 15 is 0 Å². The molecule has 0 radical (unpaired) electrons. The molecule has 0 saturated heterocycles. The average Bonchev–Trinajstić information content (AvgIpc) is 2.36. The highest BCUT2D eigenvalue weighted by atomic mass is 16.5. The van der Waals surface area contributed by atoms with Gasteiger partial charge < -0.3 is 10.1 Å². The summed E-state index contributed by atoms with van der Waals surface area (Å²) >= 11 is 0. The molecular weight excluding hydrogens is 228 g/mol. The quantitative estimate of drug-likeness (QED) is 0.780. The van der Waals surface area contributed by atoms with Crippen molar-refractivity contribution in [3.8, 4) is 0 Å². The standard InChI is InChI=1S/C14H20N2O2/c1-11(14(10-18-3)16-12(2)17)15-9-13-7-5-4-6-8-13/h4-8,14H,9-10H2,1-3H3,(H,16,17). The highest BCUT2D eigenvalue weighted by Crippen LogP contribution is 2.02. The predicted molar refractivity (Wildman–Crippen MR) is 72.7 cm³/mol. The van der Waals surface area contributed by atoms with Crippen LogP contribution in [0.25, 0.3) is 0 Å². The molecule has 1 aromatic carbocycles. The summed E-state index contributed by atoms with van der Waals surface area (Å²) in [6.07, 6.45) is 0. The summed E-state index contributed by atoms with van der Waals surface area (Å²) in [7, 11) is 1.61. The Balaban J connectivity index is 2.64. The molecule has 1 rings (SSSR count). The minimum Gasteiger partial charge on any atom is -0.382 e. The van der Waals surface area contributed by atoms with Gasteiger partial charge in [-0.25, -0.2) is 0 Å². The average molecular weight is 248 g/mol. The number of benzene rings is 1. The summed E-state index contributed by atoms with van der Waals surface area (Å²) in [6.45, 7) is 4.45. The zero-order chi connectivity index (χ0) is 13.4. The van der Waals surface area contributed by atoms with E-state index in [1.165, 1.54) is 6.92 Å². The van der Waals surface area contributed by atoms with Gasteiger partial charge in [-0.1, -0.05) is 30.3 Å². The van der Waals surface area contributed by atoms with Gasteiger partial charge in [-0.05, 0) is 12.5 Å². The molecule has 4 heteroatoms. The molecule has 4 nitrogen and oxygen atoms in total. The van der Waals surface area contributed by atoms with Gasteiger partial charge in [0.15, 0.2) is 0 Å². The molecule has 0 heterocycles. The molecule has 0 aromatic heterocycles. The number of nitrogens with one attached hydrogen (secondary N) is 1. The number of hydrogen-bond acceptors (Lipinski definition) is 3. The molecule has 0 spiro atoms. The second-order valence-corrected chi connectivity index (χ2v) is 4.15. The zero-order valence-corrected chi connectivity index (χ0v) is 11.1. The Bertz CT molecular complexity index is 402. The van der Waals surface area contributed by atoms with Crippen molar-refractivity contribution in [3.63, 3.8) is 0 Å². The molecule has 0 fully saturated rings. The molecule has 1 unspecified atom stereocenters. The number of carbonyl (C=O) groups is 1. The molecule has 1 amide bonds. The van der Waals surface area contributed by atoms with E-state index in [2.05, 4.69) is 10.3 Å². The van der Waals surface area contributed by atoms with Crippen LogP contribution in [-0.4, -0.2) is 31.4 Å². The van der Waals surface area contributed by atoms with Crippen LogP contribution in [0, 0.1) is 0 Å². The van der Waals surface area contributed by atoms with E-state index in [0.29, 0.717) is 13.2 Å². The van der Waals surface area contributed by atoms with Crippen LogP contribution >= 0.6 is 0 Å². The summed E-state index contributed by atoms with van der Waals surface area (Å²) < 4.78 is 5.08. The van der Waals surface area contributed by atoms with E-state index in [0.717, 1.165) is 11.3 Å². The van der Waals surface area contributed by atoms with Gasteiger partial charge in [0.05, 0.1) is 19.2 Å². The van der Waals surface area contributed by atoms with Crippen LogP contribution in [0.1, 0.15) is 19.4 Å². The van der Waals surface area contributed by atoms with Crippen LogP contribution in [0.2, 0.25) is 0 Å². The summed E-state index contributed by atoms with van der Waals surface area (Å²) in [5, 5.41) is 2.82. The molecule has 0 bridgehead atoms. The zero-order valence-electron chi connectivity index (χ0n) is 11.1. The first-order chi connectivity index (χ1) is 8.63. The number of aliphatic imine (C=N–C) groups is 1. The summed E-state index contributed by atoms with van der Waals surface area (Å²) in [5.74, 6) is -0.0775. The van der Waals surface area contributed by atoms with Gasteiger partial charge in [0.25, 0.3) is 0 Å². The van der Waals surface area contributed by atoms with Gasteiger partial charge >= 0.3 is 0 Å². The Morgan fingerprint density at radius 2 is 2.00 bits per heavy atom. The van der Waals surface area contributed by atoms with Crippen molar-refractivity contribution in [3.05, 3.63) is 35.9 Å². The fourth-order valence-electron chi connectivity index (χ4n) is 1.59. The minimum absolute atomic E-state index is 0.0775. The Hall–Kier alpha value is -1.68. The molecule has 98 valence electrons. The second-order valence-electron chi connectivity index (χ2n) is 4.15. The highest BCUT2D eigenvalue weighted by Gasteiger charge is 2.12. The van der Waals surface area contributed by atoms with Crippen LogP contribution < -0.4 is 5.32 Å². The van der Waals surface area contributed by atoms with Gasteiger partial charge in [-0.3, -0.25) is 9.79 Å². The lowest BCUT2D eigenvalue weighted by atomic mass is 10.2. The minimum atomic E-state index is -0.156. The number of amides is 1. The van der Waals surface area contributed by atoms with Gasteiger partial charge in [-0.2, -0.15) is 0 Å². The SMILES string of the molecule is COCC(NC(C)=O)C(C)=NCc1ccccc1. The maximum absolute atomic E-state index is 11.1. The second kappa shape index (κ2) is 7.61. The van der Waals surface area contributed by atoms with E-state index in [1.54, 1.807) is 7.11 Å². The third-order valence-corrected chi connectivity index (χ3v) is 2.57. The van der Waals surface area contributed by atoms with Crippen LogP contribution in [0.3, 0.4) is 0 Å². The Morgan fingerprint density at radius 1 is 1.33 bits per heavy atom. The van der Waals surface area contributed by atoms with E-state index in [1.807, 2.05) is 37.3 Å². The van der Waals surface area contributed by atoms with Crippen molar-refractivity contribution in [1.29, 1.82) is 0 Å². The van der Waals surface area contributed by atoms with Gasteiger partial charge in [0.1, 0.15) is 0 Å². The molecular formula is C14H20N2O2. The highest BCUT2D eigenvalue weighted by molar-refractivity contribution is 5.91. The largest absolute Gasteiger partial charge is 0.382 e. The number of hydrogen-bond donors (Lipinski definition) is 1. The first kappa shape index (κ1) is 14.4. The van der Waals surface area contributed by atoms with Gasteiger partial charge in [0.2, 0.25) is 5.91 Å². The van der Waals surface area contributed by atoms with Crippen LogP contribution in [-0.2, 0) is 16.1 Å². The van der Waals surface area contributed by atoms with E-state index in [-0.39, 0.29) is 11.9 Å².